The maximum absolute atomic E-state index is 12.6. The van der Waals surface area contributed by atoms with Crippen molar-refractivity contribution in [1.29, 1.82) is 0 Å². The molecule has 2 amide bonds. The van der Waals surface area contributed by atoms with E-state index in [1.807, 2.05) is 85.6 Å². The van der Waals surface area contributed by atoms with Crippen LogP contribution in [-0.2, 0) is 0 Å². The highest BCUT2D eigenvalue weighted by atomic mass is 127. The van der Waals surface area contributed by atoms with Crippen molar-refractivity contribution in [3.05, 3.63) is 47.5 Å². The summed E-state index contributed by atoms with van der Waals surface area (Å²) in [5, 5.41) is 0. The fourth-order valence-electron chi connectivity index (χ4n) is 3.57. The molecule has 0 atom stereocenters. The Balaban J connectivity index is 0.00000612. The van der Waals surface area contributed by atoms with Gasteiger partial charge in [0.05, 0.1) is 42.3 Å². The number of nitrogens with zero attached hydrogens (tertiary/aromatic N) is 4. The molecular weight excluding hydrogens is 686 g/mol. The fourth-order valence-corrected chi connectivity index (χ4v) is 3.57. The quantitative estimate of drug-likeness (QED) is 0.265. The van der Waals surface area contributed by atoms with E-state index in [1.165, 1.54) is 9.80 Å². The average Bonchev–Trinajstić information content (AvgIpc) is 2.71. The number of benzene rings is 2. The summed E-state index contributed by atoms with van der Waals surface area (Å²) in [7, 11) is 18.8. The topological polar surface area (TPSA) is 59.1 Å². The summed E-state index contributed by atoms with van der Waals surface area (Å²) in [6.45, 7) is 2.03. The van der Waals surface area contributed by atoms with E-state index in [1.54, 1.807) is 28.2 Å². The number of hydrogen-bond acceptors (Lipinski definition) is 4. The molecule has 2 aromatic rings. The SMILES string of the molecule is CC(c1cccc([N+](C)(C)C)c1OC(=O)N(C)C)c1cccc([N+](C)(C)C)c1OC(=O)N(C)C.[I-].[I-]. The number of halogens is 2. The lowest BCUT2D eigenvalue weighted by atomic mass is 9.90. The van der Waals surface area contributed by atoms with Crippen LogP contribution in [-0.4, -0.2) is 92.5 Å². The Hall–Kier alpha value is -1.64. The number of ether oxygens (including phenoxy) is 2. The summed E-state index contributed by atoms with van der Waals surface area (Å²) >= 11 is 0. The third-order valence-electron chi connectivity index (χ3n) is 5.54. The third-order valence-corrected chi connectivity index (χ3v) is 5.54. The van der Waals surface area contributed by atoms with Gasteiger partial charge in [0.15, 0.2) is 22.9 Å². The van der Waals surface area contributed by atoms with Gasteiger partial charge < -0.3 is 67.2 Å². The summed E-state index contributed by atoms with van der Waals surface area (Å²) in [6, 6.07) is 11.8. The molecule has 0 saturated carbocycles. The van der Waals surface area contributed by atoms with Crippen molar-refractivity contribution in [2.75, 3.05) is 70.5 Å². The van der Waals surface area contributed by atoms with Gasteiger partial charge in [-0.05, 0) is 0 Å². The highest BCUT2D eigenvalue weighted by Gasteiger charge is 2.31. The Morgan fingerprint density at radius 1 is 0.667 bits per heavy atom. The van der Waals surface area contributed by atoms with Crippen LogP contribution in [0.25, 0.3) is 0 Å². The van der Waals surface area contributed by atoms with Crippen LogP contribution in [0.1, 0.15) is 24.0 Å². The minimum Gasteiger partial charge on any atom is -1.00 e. The normalized spacial score (nSPS) is 11.2. The second kappa shape index (κ2) is 13.2. The highest BCUT2D eigenvalue weighted by molar-refractivity contribution is 5.76. The van der Waals surface area contributed by atoms with Gasteiger partial charge in [-0.2, -0.15) is 0 Å². The molecule has 0 radical (unpaired) electrons. The number of amides is 2. The number of hydrogen-bond donors (Lipinski definition) is 0. The van der Waals surface area contributed by atoms with E-state index in [-0.39, 0.29) is 53.9 Å². The van der Waals surface area contributed by atoms with Crippen molar-refractivity contribution in [1.82, 2.24) is 18.8 Å². The molecule has 0 aliphatic heterocycles. The molecular formula is C26H40I2N4O4. The molecule has 2 aromatic carbocycles. The number of carbonyl (C=O) groups is 2. The van der Waals surface area contributed by atoms with Gasteiger partial charge in [0, 0.05) is 57.4 Å². The fraction of sp³-hybridized carbons (Fsp3) is 0.462. The van der Waals surface area contributed by atoms with Crippen molar-refractivity contribution in [3.63, 3.8) is 0 Å². The summed E-state index contributed by atoms with van der Waals surface area (Å²) < 4.78 is 12.8. The molecule has 0 spiro atoms. The second-order valence-corrected chi connectivity index (χ2v) is 10.7. The van der Waals surface area contributed by atoms with Crippen LogP contribution < -0.4 is 66.4 Å². The lowest BCUT2D eigenvalue weighted by Gasteiger charge is -2.30. The summed E-state index contributed by atoms with van der Waals surface area (Å²) in [4.78, 5) is 28.0. The number of carbonyl (C=O) groups excluding carboxylic acids is 2. The first-order valence-electron chi connectivity index (χ1n) is 11.2. The predicted octanol–water partition coefficient (Wildman–Crippen LogP) is -1.64. The van der Waals surface area contributed by atoms with Crippen molar-refractivity contribution >= 4 is 23.6 Å². The zero-order chi connectivity index (χ0) is 26.0. The van der Waals surface area contributed by atoms with Gasteiger partial charge in [0.25, 0.3) is 0 Å². The molecule has 0 bridgehead atoms. The molecule has 0 aliphatic rings. The largest absolute Gasteiger partial charge is 1.00 e. The van der Waals surface area contributed by atoms with Crippen molar-refractivity contribution in [2.45, 2.75) is 12.8 Å². The summed E-state index contributed by atoms with van der Waals surface area (Å²) in [5.74, 6) is 0.802. The van der Waals surface area contributed by atoms with Crippen LogP contribution >= 0.6 is 0 Å². The first-order chi connectivity index (χ1) is 15.6. The van der Waals surface area contributed by atoms with E-state index in [0.717, 1.165) is 22.5 Å². The zero-order valence-electron chi connectivity index (χ0n) is 23.2. The predicted molar refractivity (Wildman–Crippen MR) is 139 cm³/mol. The molecule has 8 nitrogen and oxygen atoms in total. The van der Waals surface area contributed by atoms with E-state index in [9.17, 15) is 9.59 Å². The molecule has 0 saturated heterocycles. The Bertz CT molecular complexity index is 977. The summed E-state index contributed by atoms with van der Waals surface area (Å²) in [5.41, 5.74) is 3.41. The Morgan fingerprint density at radius 2 is 0.972 bits per heavy atom. The minimum absolute atomic E-state index is 0. The molecule has 2 rings (SSSR count). The molecule has 0 fully saturated rings. The second-order valence-electron chi connectivity index (χ2n) is 10.7. The smallest absolute Gasteiger partial charge is 0.414 e. The van der Waals surface area contributed by atoms with Crippen LogP contribution in [0.2, 0.25) is 0 Å². The Kier molecular flexibility index (Phi) is 12.6. The standard InChI is InChI=1S/C26H40N4O4.2HI/c1-18(19-14-12-16-21(29(6,7)8)23(19)33-25(31)27(2)3)20-15-13-17-22(30(9,10)11)24(20)34-26(32)28(4)5;;/h12-18H,1-11H3;2*1H/q+2;;/p-2. The molecule has 10 heteroatoms. The van der Waals surface area contributed by atoms with E-state index in [0.29, 0.717) is 20.5 Å². The lowest BCUT2D eigenvalue weighted by Crippen LogP contribution is -3.00. The molecule has 0 aromatic heterocycles. The van der Waals surface area contributed by atoms with E-state index in [4.69, 9.17) is 9.47 Å². The average molecular weight is 726 g/mol. The van der Waals surface area contributed by atoms with Crippen LogP contribution in [0.5, 0.6) is 11.5 Å². The molecule has 202 valence electrons. The maximum Gasteiger partial charge on any atom is 0.414 e. The number of para-hydroxylation sites is 2. The van der Waals surface area contributed by atoms with Crippen molar-refractivity contribution in [2.24, 2.45) is 0 Å². The Labute approximate surface area is 250 Å². The van der Waals surface area contributed by atoms with E-state index >= 15 is 0 Å². The van der Waals surface area contributed by atoms with Crippen LogP contribution in [0.4, 0.5) is 21.0 Å². The molecule has 0 unspecified atom stereocenters. The number of quaternary nitrogens is 2. The molecule has 0 N–H and O–H groups in total. The lowest BCUT2D eigenvalue weighted by molar-refractivity contribution is -0.001000. The molecule has 36 heavy (non-hydrogen) atoms. The van der Waals surface area contributed by atoms with Gasteiger partial charge in [-0.25, -0.2) is 9.59 Å². The first-order valence-corrected chi connectivity index (χ1v) is 11.2. The van der Waals surface area contributed by atoms with E-state index < -0.39 is 12.2 Å². The van der Waals surface area contributed by atoms with Gasteiger partial charge in [-0.15, -0.1) is 0 Å². The highest BCUT2D eigenvalue weighted by Crippen LogP contribution is 2.45. The van der Waals surface area contributed by atoms with E-state index in [2.05, 4.69) is 0 Å². The van der Waals surface area contributed by atoms with Crippen molar-refractivity contribution in [3.8, 4) is 11.5 Å². The van der Waals surface area contributed by atoms with Gasteiger partial charge in [0.2, 0.25) is 0 Å². The van der Waals surface area contributed by atoms with Crippen LogP contribution in [0, 0.1) is 0 Å². The monoisotopic (exact) mass is 726 g/mol. The van der Waals surface area contributed by atoms with Crippen molar-refractivity contribution < 1.29 is 67.0 Å². The molecule has 0 heterocycles. The molecule has 0 aliphatic carbocycles. The van der Waals surface area contributed by atoms with Gasteiger partial charge in [-0.3, -0.25) is 8.97 Å². The van der Waals surface area contributed by atoms with Gasteiger partial charge >= 0.3 is 12.2 Å². The van der Waals surface area contributed by atoms with Crippen LogP contribution in [0.15, 0.2) is 36.4 Å². The third kappa shape index (κ3) is 8.18. The number of rotatable bonds is 6. The van der Waals surface area contributed by atoms with Gasteiger partial charge in [0.1, 0.15) is 0 Å². The minimum atomic E-state index is -0.450. The zero-order valence-corrected chi connectivity index (χ0v) is 27.5. The maximum atomic E-state index is 12.6. The Morgan fingerprint density at radius 3 is 1.22 bits per heavy atom. The van der Waals surface area contributed by atoms with Gasteiger partial charge in [-0.1, -0.05) is 31.2 Å². The van der Waals surface area contributed by atoms with Crippen LogP contribution in [0.3, 0.4) is 0 Å². The summed E-state index contributed by atoms with van der Waals surface area (Å²) in [6.07, 6.45) is -0.901. The first kappa shape index (κ1) is 34.4.